The minimum atomic E-state index is 0.191. The molecular formula is C19H26N6O. The topological polar surface area (TPSA) is 64.6 Å². The summed E-state index contributed by atoms with van der Waals surface area (Å²) in [5, 5.41) is 3.32. The summed E-state index contributed by atoms with van der Waals surface area (Å²) < 4.78 is 0. The number of anilines is 3. The molecule has 0 aliphatic carbocycles. The molecule has 0 atom stereocenters. The van der Waals surface area contributed by atoms with Crippen LogP contribution in [0.5, 0.6) is 0 Å². The van der Waals surface area contributed by atoms with E-state index < -0.39 is 0 Å². The Balaban J connectivity index is 1.40. The monoisotopic (exact) mass is 354 g/mol. The number of carbonyl (C=O) groups excluding carboxylic acids is 1. The Hall–Kier alpha value is -2.83. The number of piperazine rings is 1. The quantitative estimate of drug-likeness (QED) is 0.852. The van der Waals surface area contributed by atoms with Gasteiger partial charge in [-0.1, -0.05) is 0 Å². The minimum Gasteiger partial charge on any atom is -0.385 e. The highest BCUT2D eigenvalue weighted by Crippen LogP contribution is 2.16. The molecule has 1 aromatic carbocycles. The van der Waals surface area contributed by atoms with Crippen LogP contribution in [0.4, 0.5) is 17.3 Å². The van der Waals surface area contributed by atoms with E-state index in [2.05, 4.69) is 37.2 Å². The number of rotatable bonds is 6. The summed E-state index contributed by atoms with van der Waals surface area (Å²) in [5.74, 6) is 0.929. The Morgan fingerprint density at radius 3 is 2.35 bits per heavy atom. The summed E-state index contributed by atoms with van der Waals surface area (Å²) in [7, 11) is 4.04. The third-order valence-electron chi connectivity index (χ3n) is 4.52. The highest BCUT2D eigenvalue weighted by molar-refractivity contribution is 5.77. The van der Waals surface area contributed by atoms with Crippen LogP contribution in [-0.2, 0) is 4.79 Å². The van der Waals surface area contributed by atoms with E-state index in [1.165, 1.54) is 0 Å². The molecule has 0 saturated carbocycles. The fourth-order valence-corrected chi connectivity index (χ4v) is 2.96. The average Bonchev–Trinajstić information content (AvgIpc) is 2.69. The predicted molar refractivity (Wildman–Crippen MR) is 105 cm³/mol. The molecule has 0 bridgehead atoms. The number of aromatic nitrogens is 2. The molecule has 7 nitrogen and oxygen atoms in total. The van der Waals surface area contributed by atoms with Gasteiger partial charge in [-0.2, -0.15) is 0 Å². The van der Waals surface area contributed by atoms with Crippen LogP contribution >= 0.6 is 0 Å². The van der Waals surface area contributed by atoms with E-state index in [4.69, 9.17) is 0 Å². The van der Waals surface area contributed by atoms with Gasteiger partial charge in [0, 0.05) is 77.0 Å². The molecule has 1 aliphatic rings. The molecule has 0 radical (unpaired) electrons. The van der Waals surface area contributed by atoms with Gasteiger partial charge in [0.15, 0.2) is 0 Å². The fraction of sp³-hybridized carbons (Fsp3) is 0.421. The molecule has 3 rings (SSSR count). The molecule has 138 valence electrons. The highest BCUT2D eigenvalue weighted by Gasteiger charge is 2.21. The van der Waals surface area contributed by atoms with Crippen molar-refractivity contribution in [1.82, 2.24) is 14.9 Å². The molecular weight excluding hydrogens is 328 g/mol. The number of nitrogens with one attached hydrogen (secondary N) is 1. The molecule has 1 amide bonds. The lowest BCUT2D eigenvalue weighted by Gasteiger charge is -2.34. The van der Waals surface area contributed by atoms with Crippen LogP contribution in [0.15, 0.2) is 42.7 Å². The van der Waals surface area contributed by atoms with E-state index in [1.54, 1.807) is 12.4 Å². The summed E-state index contributed by atoms with van der Waals surface area (Å²) >= 11 is 0. The molecule has 0 spiro atoms. The number of benzene rings is 1. The van der Waals surface area contributed by atoms with Gasteiger partial charge in [-0.15, -0.1) is 0 Å². The lowest BCUT2D eigenvalue weighted by molar-refractivity contribution is -0.131. The first-order valence-electron chi connectivity index (χ1n) is 8.94. The molecule has 1 aromatic heterocycles. The van der Waals surface area contributed by atoms with Gasteiger partial charge >= 0.3 is 0 Å². The van der Waals surface area contributed by atoms with Crippen molar-refractivity contribution < 1.29 is 4.79 Å². The van der Waals surface area contributed by atoms with Gasteiger partial charge in [0.25, 0.3) is 0 Å². The van der Waals surface area contributed by atoms with Crippen LogP contribution in [0.2, 0.25) is 0 Å². The van der Waals surface area contributed by atoms with Gasteiger partial charge < -0.3 is 20.0 Å². The molecule has 1 aliphatic heterocycles. The van der Waals surface area contributed by atoms with E-state index in [-0.39, 0.29) is 5.91 Å². The van der Waals surface area contributed by atoms with E-state index in [1.807, 2.05) is 37.2 Å². The van der Waals surface area contributed by atoms with Gasteiger partial charge in [-0.05, 0) is 30.3 Å². The van der Waals surface area contributed by atoms with Crippen LogP contribution in [0.1, 0.15) is 6.42 Å². The Morgan fingerprint density at radius 2 is 1.73 bits per heavy atom. The number of hydrogen-bond donors (Lipinski definition) is 1. The molecule has 7 heteroatoms. The van der Waals surface area contributed by atoms with Crippen LogP contribution in [-0.4, -0.2) is 67.6 Å². The molecule has 2 aromatic rings. The lowest BCUT2D eigenvalue weighted by Crippen LogP contribution is -2.49. The number of amides is 1. The Bertz CT molecular complexity index is 696. The van der Waals surface area contributed by atoms with Gasteiger partial charge in [-0.25, -0.2) is 9.97 Å². The van der Waals surface area contributed by atoms with Crippen LogP contribution in [0, 0.1) is 0 Å². The normalized spacial score (nSPS) is 14.2. The maximum Gasteiger partial charge on any atom is 0.225 e. The number of carbonyl (C=O) groups is 1. The van der Waals surface area contributed by atoms with E-state index in [9.17, 15) is 4.79 Å². The second-order valence-electron chi connectivity index (χ2n) is 6.53. The highest BCUT2D eigenvalue weighted by atomic mass is 16.2. The second kappa shape index (κ2) is 8.51. The predicted octanol–water partition coefficient (Wildman–Crippen LogP) is 1.69. The zero-order valence-electron chi connectivity index (χ0n) is 15.4. The Morgan fingerprint density at radius 1 is 1.08 bits per heavy atom. The van der Waals surface area contributed by atoms with Gasteiger partial charge in [-0.3, -0.25) is 4.79 Å². The maximum atomic E-state index is 12.4. The summed E-state index contributed by atoms with van der Waals surface area (Å²) in [6.45, 7) is 3.62. The summed E-state index contributed by atoms with van der Waals surface area (Å²) in [4.78, 5) is 27.1. The van der Waals surface area contributed by atoms with Crippen molar-refractivity contribution in [2.24, 2.45) is 0 Å². The zero-order valence-corrected chi connectivity index (χ0v) is 15.4. The lowest BCUT2D eigenvalue weighted by atomic mass is 10.2. The minimum absolute atomic E-state index is 0.191. The number of hydrogen-bond acceptors (Lipinski definition) is 6. The van der Waals surface area contributed by atoms with Gasteiger partial charge in [0.2, 0.25) is 11.9 Å². The zero-order chi connectivity index (χ0) is 18.4. The van der Waals surface area contributed by atoms with E-state index >= 15 is 0 Å². The largest absolute Gasteiger partial charge is 0.385 e. The summed E-state index contributed by atoms with van der Waals surface area (Å²) in [6, 6.07) is 10.0. The average molecular weight is 354 g/mol. The van der Waals surface area contributed by atoms with Crippen LogP contribution < -0.4 is 15.1 Å². The van der Waals surface area contributed by atoms with Crippen molar-refractivity contribution in [2.75, 3.05) is 61.9 Å². The second-order valence-corrected chi connectivity index (χ2v) is 6.53. The van der Waals surface area contributed by atoms with E-state index in [0.717, 1.165) is 30.4 Å². The summed E-state index contributed by atoms with van der Waals surface area (Å²) in [6.07, 6.45) is 3.99. The molecule has 0 unspecified atom stereocenters. The first kappa shape index (κ1) is 18.0. The SMILES string of the molecule is CN(C)c1ccc(NCCC(=O)N2CCN(c3ncccn3)CC2)cc1. The van der Waals surface area contributed by atoms with Crippen molar-refractivity contribution >= 4 is 23.2 Å². The molecule has 1 saturated heterocycles. The van der Waals surface area contributed by atoms with Crippen molar-refractivity contribution in [3.8, 4) is 0 Å². The van der Waals surface area contributed by atoms with Crippen LogP contribution in [0.3, 0.4) is 0 Å². The molecule has 1 fully saturated rings. The third kappa shape index (κ3) is 4.62. The fourth-order valence-electron chi connectivity index (χ4n) is 2.96. The van der Waals surface area contributed by atoms with Crippen molar-refractivity contribution in [1.29, 1.82) is 0 Å². The summed E-state index contributed by atoms with van der Waals surface area (Å²) in [5.41, 5.74) is 2.20. The Kier molecular flexibility index (Phi) is 5.88. The standard InChI is InChI=1S/C19H26N6O/c1-23(2)17-6-4-16(5-7-17)20-11-8-18(26)24-12-14-25(15-13-24)19-21-9-3-10-22-19/h3-7,9-10,20H,8,11-15H2,1-2H3. The smallest absolute Gasteiger partial charge is 0.225 e. The molecule has 26 heavy (non-hydrogen) atoms. The van der Waals surface area contributed by atoms with Crippen molar-refractivity contribution in [3.63, 3.8) is 0 Å². The van der Waals surface area contributed by atoms with E-state index in [0.29, 0.717) is 26.1 Å². The first-order valence-corrected chi connectivity index (χ1v) is 8.94. The van der Waals surface area contributed by atoms with Crippen molar-refractivity contribution in [2.45, 2.75) is 6.42 Å². The maximum absolute atomic E-state index is 12.4. The third-order valence-corrected chi connectivity index (χ3v) is 4.52. The molecule has 1 N–H and O–H groups in total. The first-order chi connectivity index (χ1) is 12.6. The molecule has 2 heterocycles. The Labute approximate surface area is 154 Å². The number of nitrogens with zero attached hydrogens (tertiary/aromatic N) is 5. The van der Waals surface area contributed by atoms with Gasteiger partial charge in [0.05, 0.1) is 0 Å². The van der Waals surface area contributed by atoms with Crippen molar-refractivity contribution in [3.05, 3.63) is 42.7 Å². The van der Waals surface area contributed by atoms with Crippen LogP contribution in [0.25, 0.3) is 0 Å². The van der Waals surface area contributed by atoms with Gasteiger partial charge in [0.1, 0.15) is 0 Å².